The first-order valence-corrected chi connectivity index (χ1v) is 13.0. The highest BCUT2D eigenvalue weighted by Gasteiger charge is 2.38. The van der Waals surface area contributed by atoms with Crippen LogP contribution in [0.4, 0.5) is 9.18 Å². The molecule has 0 spiro atoms. The van der Waals surface area contributed by atoms with Crippen LogP contribution in [0.15, 0.2) is 59.5 Å². The SMILES string of the molecule is Cc1ccc(S(=O)(=O)OC(CCC2(F)CCN(C(=O)OC(C)(C)C)CC2)c2ccccc2)cc1. The summed E-state index contributed by atoms with van der Waals surface area (Å²) in [7, 11) is -4.03. The molecule has 2 aromatic rings. The van der Waals surface area contributed by atoms with E-state index in [9.17, 15) is 13.2 Å². The maximum Gasteiger partial charge on any atom is 0.410 e. The zero-order valence-electron chi connectivity index (χ0n) is 20.3. The molecule has 1 heterocycles. The largest absolute Gasteiger partial charge is 0.444 e. The summed E-state index contributed by atoms with van der Waals surface area (Å²) < 4.78 is 52.5. The summed E-state index contributed by atoms with van der Waals surface area (Å²) in [4.78, 5) is 13.9. The Morgan fingerprint density at radius 1 is 1.06 bits per heavy atom. The number of benzene rings is 2. The minimum atomic E-state index is -4.03. The number of aryl methyl sites for hydroxylation is 1. The van der Waals surface area contributed by atoms with Crippen LogP contribution in [0.2, 0.25) is 0 Å². The third kappa shape index (κ3) is 7.27. The van der Waals surface area contributed by atoms with Gasteiger partial charge in [0.05, 0.1) is 4.90 Å². The molecule has 1 atom stereocenters. The van der Waals surface area contributed by atoms with Gasteiger partial charge in [-0.1, -0.05) is 48.0 Å². The van der Waals surface area contributed by atoms with Crippen LogP contribution in [0.5, 0.6) is 0 Å². The van der Waals surface area contributed by atoms with E-state index in [4.69, 9.17) is 8.92 Å². The van der Waals surface area contributed by atoms with Gasteiger partial charge in [0, 0.05) is 13.1 Å². The van der Waals surface area contributed by atoms with Gasteiger partial charge in [0.2, 0.25) is 0 Å². The molecule has 0 N–H and O–H groups in total. The molecule has 6 nitrogen and oxygen atoms in total. The summed E-state index contributed by atoms with van der Waals surface area (Å²) in [5.74, 6) is 0. The van der Waals surface area contributed by atoms with Gasteiger partial charge in [0.15, 0.2) is 0 Å². The summed E-state index contributed by atoms with van der Waals surface area (Å²) in [5, 5.41) is 0. The van der Waals surface area contributed by atoms with Gasteiger partial charge < -0.3 is 9.64 Å². The van der Waals surface area contributed by atoms with Gasteiger partial charge in [-0.15, -0.1) is 0 Å². The molecule has 1 amide bonds. The highest BCUT2D eigenvalue weighted by molar-refractivity contribution is 7.86. The molecule has 1 aliphatic heterocycles. The van der Waals surface area contributed by atoms with E-state index in [0.717, 1.165) is 5.56 Å². The molecule has 1 aliphatic rings. The lowest BCUT2D eigenvalue weighted by atomic mass is 9.87. The predicted octanol–water partition coefficient (Wildman–Crippen LogP) is 5.96. The van der Waals surface area contributed by atoms with E-state index in [1.165, 1.54) is 17.0 Å². The molecule has 3 rings (SSSR count). The molecule has 34 heavy (non-hydrogen) atoms. The zero-order chi connectivity index (χ0) is 25.0. The number of rotatable bonds is 7. The first-order valence-electron chi connectivity index (χ1n) is 11.6. The Labute approximate surface area is 202 Å². The van der Waals surface area contributed by atoms with Crippen LogP contribution in [-0.4, -0.2) is 43.8 Å². The number of alkyl halides is 1. The number of ether oxygens (including phenoxy) is 1. The van der Waals surface area contributed by atoms with Crippen molar-refractivity contribution < 1.29 is 26.5 Å². The molecule has 0 radical (unpaired) electrons. The normalized spacial score (nSPS) is 17.3. The number of hydrogen-bond donors (Lipinski definition) is 0. The Balaban J connectivity index is 1.67. The van der Waals surface area contributed by atoms with Crippen LogP contribution in [0.3, 0.4) is 0 Å². The summed E-state index contributed by atoms with van der Waals surface area (Å²) in [6.07, 6.45) is -0.610. The fourth-order valence-corrected chi connectivity index (χ4v) is 5.00. The second-order valence-electron chi connectivity index (χ2n) is 9.92. The standard InChI is InChI=1S/C26H34FNO5S/c1-20-10-12-22(13-11-20)34(30,31)33-23(21-8-6-5-7-9-21)14-15-26(27)16-18-28(19-17-26)24(29)32-25(2,3)4/h5-13,23H,14-19H2,1-4H3. The third-order valence-electron chi connectivity index (χ3n) is 5.89. The van der Waals surface area contributed by atoms with Crippen molar-refractivity contribution in [2.45, 2.75) is 75.6 Å². The molecule has 186 valence electrons. The summed E-state index contributed by atoms with van der Waals surface area (Å²) in [6.45, 7) is 7.76. The number of amides is 1. The maximum absolute atomic E-state index is 15.6. The van der Waals surface area contributed by atoms with E-state index < -0.39 is 33.6 Å². The van der Waals surface area contributed by atoms with E-state index in [2.05, 4.69) is 0 Å². The van der Waals surface area contributed by atoms with E-state index in [0.29, 0.717) is 5.56 Å². The van der Waals surface area contributed by atoms with Crippen molar-refractivity contribution in [3.63, 3.8) is 0 Å². The van der Waals surface area contributed by atoms with Crippen LogP contribution < -0.4 is 0 Å². The summed E-state index contributed by atoms with van der Waals surface area (Å²) >= 11 is 0. The molecular formula is C26H34FNO5S. The number of carbonyl (C=O) groups is 1. The average Bonchev–Trinajstić information content (AvgIpc) is 2.77. The molecule has 1 saturated heterocycles. The van der Waals surface area contributed by atoms with Crippen molar-refractivity contribution in [2.24, 2.45) is 0 Å². The van der Waals surface area contributed by atoms with Crippen LogP contribution in [0, 0.1) is 6.92 Å². The molecule has 0 aromatic heterocycles. The van der Waals surface area contributed by atoms with Gasteiger partial charge in [0.25, 0.3) is 10.1 Å². The molecule has 0 bridgehead atoms. The van der Waals surface area contributed by atoms with Crippen molar-refractivity contribution in [1.82, 2.24) is 4.90 Å². The number of likely N-dealkylation sites (tertiary alicyclic amines) is 1. The number of nitrogens with zero attached hydrogens (tertiary/aromatic N) is 1. The van der Waals surface area contributed by atoms with E-state index in [1.54, 1.807) is 57.2 Å². The summed E-state index contributed by atoms with van der Waals surface area (Å²) in [6, 6.07) is 15.4. The van der Waals surface area contributed by atoms with Gasteiger partial charge in [-0.25, -0.2) is 9.18 Å². The maximum atomic E-state index is 15.6. The van der Waals surface area contributed by atoms with E-state index in [-0.39, 0.29) is 43.7 Å². The zero-order valence-corrected chi connectivity index (χ0v) is 21.1. The van der Waals surface area contributed by atoms with Crippen molar-refractivity contribution in [2.75, 3.05) is 13.1 Å². The lowest BCUT2D eigenvalue weighted by Gasteiger charge is -2.37. The van der Waals surface area contributed by atoms with Crippen molar-refractivity contribution >= 4 is 16.2 Å². The molecule has 8 heteroatoms. The Bertz CT molecular complexity index is 1060. The molecule has 0 aliphatic carbocycles. The molecular weight excluding hydrogens is 457 g/mol. The van der Waals surface area contributed by atoms with Crippen molar-refractivity contribution in [3.8, 4) is 0 Å². The Hall–Kier alpha value is -2.45. The number of carbonyl (C=O) groups excluding carboxylic acids is 1. The lowest BCUT2D eigenvalue weighted by Crippen LogP contribution is -2.46. The average molecular weight is 492 g/mol. The highest BCUT2D eigenvalue weighted by Crippen LogP contribution is 2.36. The second kappa shape index (κ2) is 10.4. The Morgan fingerprint density at radius 2 is 1.65 bits per heavy atom. The highest BCUT2D eigenvalue weighted by atomic mass is 32.2. The molecule has 1 fully saturated rings. The number of piperidine rings is 1. The fourth-order valence-electron chi connectivity index (χ4n) is 3.91. The van der Waals surface area contributed by atoms with Crippen molar-refractivity contribution in [1.29, 1.82) is 0 Å². The predicted molar refractivity (Wildman–Crippen MR) is 129 cm³/mol. The van der Waals surface area contributed by atoms with Crippen molar-refractivity contribution in [3.05, 3.63) is 65.7 Å². The van der Waals surface area contributed by atoms with Crippen LogP contribution in [-0.2, 0) is 19.0 Å². The van der Waals surface area contributed by atoms with Crippen LogP contribution >= 0.6 is 0 Å². The minimum absolute atomic E-state index is 0.0691. The Morgan fingerprint density at radius 3 is 2.21 bits per heavy atom. The van der Waals surface area contributed by atoms with Gasteiger partial charge in [-0.3, -0.25) is 4.18 Å². The third-order valence-corrected chi connectivity index (χ3v) is 7.22. The van der Waals surface area contributed by atoms with Crippen LogP contribution in [0.1, 0.15) is 63.7 Å². The van der Waals surface area contributed by atoms with Gasteiger partial charge in [0.1, 0.15) is 17.4 Å². The number of hydrogen-bond acceptors (Lipinski definition) is 5. The molecule has 0 saturated carbocycles. The first-order chi connectivity index (χ1) is 15.9. The van der Waals surface area contributed by atoms with E-state index >= 15 is 4.39 Å². The number of halogens is 1. The second-order valence-corrected chi connectivity index (χ2v) is 11.5. The smallest absolute Gasteiger partial charge is 0.410 e. The molecule has 1 unspecified atom stereocenters. The van der Waals surface area contributed by atoms with Gasteiger partial charge in [-0.05, 0) is 71.1 Å². The van der Waals surface area contributed by atoms with Gasteiger partial charge in [-0.2, -0.15) is 8.42 Å². The fraction of sp³-hybridized carbons (Fsp3) is 0.500. The monoisotopic (exact) mass is 491 g/mol. The van der Waals surface area contributed by atoms with E-state index in [1.807, 2.05) is 13.0 Å². The summed E-state index contributed by atoms with van der Waals surface area (Å²) in [5.41, 5.74) is -0.504. The van der Waals surface area contributed by atoms with Crippen LogP contribution in [0.25, 0.3) is 0 Å². The quantitative estimate of drug-likeness (QED) is 0.447. The first kappa shape index (κ1) is 26.2. The Kier molecular flexibility index (Phi) is 8.03. The topological polar surface area (TPSA) is 72.9 Å². The minimum Gasteiger partial charge on any atom is -0.444 e. The van der Waals surface area contributed by atoms with Gasteiger partial charge >= 0.3 is 6.09 Å². The molecule has 2 aromatic carbocycles. The lowest BCUT2D eigenvalue weighted by molar-refractivity contribution is -0.00140.